The molecule has 0 spiro atoms. The number of amides is 1. The fourth-order valence-electron chi connectivity index (χ4n) is 2.69. The molecule has 3 heterocycles. The largest absolute Gasteiger partial charge is 0.326 e. The SMILES string of the molecule is O=C(Cc1csc(-c2cccnc2)n1)Nc1cccc(C2SCCS2)c1. The van der Waals surface area contributed by atoms with Crippen LogP contribution in [0.5, 0.6) is 0 Å². The Labute approximate surface area is 164 Å². The van der Waals surface area contributed by atoms with Gasteiger partial charge < -0.3 is 5.32 Å². The topological polar surface area (TPSA) is 54.9 Å². The Morgan fingerprint density at radius 2 is 2.08 bits per heavy atom. The van der Waals surface area contributed by atoms with Crippen molar-refractivity contribution < 1.29 is 4.79 Å². The zero-order valence-electron chi connectivity index (χ0n) is 13.9. The van der Waals surface area contributed by atoms with Crippen LogP contribution < -0.4 is 5.32 Å². The Bertz CT molecular complexity index is 892. The van der Waals surface area contributed by atoms with Crippen LogP contribution in [0.25, 0.3) is 10.6 Å². The molecule has 4 nitrogen and oxygen atoms in total. The van der Waals surface area contributed by atoms with Crippen molar-refractivity contribution in [2.75, 3.05) is 16.8 Å². The molecule has 1 aliphatic rings. The molecule has 0 unspecified atom stereocenters. The number of nitrogens with one attached hydrogen (secondary N) is 1. The summed E-state index contributed by atoms with van der Waals surface area (Å²) in [7, 11) is 0. The lowest BCUT2D eigenvalue weighted by Crippen LogP contribution is -2.14. The minimum Gasteiger partial charge on any atom is -0.326 e. The number of nitrogens with zero attached hydrogens (tertiary/aromatic N) is 2. The van der Waals surface area contributed by atoms with Gasteiger partial charge in [-0.1, -0.05) is 12.1 Å². The van der Waals surface area contributed by atoms with Gasteiger partial charge in [0.15, 0.2) is 0 Å². The monoisotopic (exact) mass is 399 g/mol. The van der Waals surface area contributed by atoms with E-state index in [1.54, 1.807) is 12.4 Å². The van der Waals surface area contributed by atoms with E-state index in [0.29, 0.717) is 4.58 Å². The van der Waals surface area contributed by atoms with Crippen LogP contribution >= 0.6 is 34.9 Å². The summed E-state index contributed by atoms with van der Waals surface area (Å²) >= 11 is 5.46. The maximum absolute atomic E-state index is 12.4. The lowest BCUT2D eigenvalue weighted by molar-refractivity contribution is -0.115. The van der Waals surface area contributed by atoms with Gasteiger partial charge in [-0.2, -0.15) is 0 Å². The highest BCUT2D eigenvalue weighted by atomic mass is 32.2. The number of anilines is 1. The van der Waals surface area contributed by atoms with Crippen LogP contribution in [0, 0.1) is 0 Å². The number of carbonyl (C=O) groups excluding carboxylic acids is 1. The average molecular weight is 400 g/mol. The van der Waals surface area contributed by atoms with Crippen molar-refractivity contribution >= 4 is 46.5 Å². The third-order valence-electron chi connectivity index (χ3n) is 3.87. The van der Waals surface area contributed by atoms with Crippen molar-refractivity contribution in [3.63, 3.8) is 0 Å². The molecule has 1 aromatic carbocycles. The number of benzene rings is 1. The Kier molecular flexibility index (Phi) is 5.57. The normalized spacial score (nSPS) is 14.5. The molecule has 0 aliphatic carbocycles. The molecule has 7 heteroatoms. The highest BCUT2D eigenvalue weighted by molar-refractivity contribution is 8.19. The lowest BCUT2D eigenvalue weighted by Gasteiger charge is -2.11. The lowest BCUT2D eigenvalue weighted by atomic mass is 10.2. The van der Waals surface area contributed by atoms with E-state index in [1.807, 2.05) is 53.2 Å². The first-order chi connectivity index (χ1) is 12.8. The first-order valence-electron chi connectivity index (χ1n) is 8.26. The summed E-state index contributed by atoms with van der Waals surface area (Å²) in [4.78, 5) is 21.1. The van der Waals surface area contributed by atoms with Crippen molar-refractivity contribution in [2.45, 2.75) is 11.0 Å². The van der Waals surface area contributed by atoms with Crippen LogP contribution in [0.1, 0.15) is 15.8 Å². The summed E-state index contributed by atoms with van der Waals surface area (Å²) in [5, 5.41) is 5.82. The Balaban J connectivity index is 1.40. The maximum Gasteiger partial charge on any atom is 0.230 e. The number of hydrogen-bond donors (Lipinski definition) is 1. The van der Waals surface area contributed by atoms with Gasteiger partial charge in [0.1, 0.15) is 5.01 Å². The van der Waals surface area contributed by atoms with Crippen molar-refractivity contribution in [1.29, 1.82) is 0 Å². The van der Waals surface area contributed by atoms with E-state index < -0.39 is 0 Å². The molecular formula is C19H17N3OS3. The van der Waals surface area contributed by atoms with E-state index in [0.717, 1.165) is 22.0 Å². The zero-order valence-corrected chi connectivity index (χ0v) is 16.4. The molecule has 0 bridgehead atoms. The maximum atomic E-state index is 12.4. The van der Waals surface area contributed by atoms with Crippen LogP contribution in [0.15, 0.2) is 54.2 Å². The van der Waals surface area contributed by atoms with Gasteiger partial charge >= 0.3 is 0 Å². The van der Waals surface area contributed by atoms with Crippen LogP contribution in [0.2, 0.25) is 0 Å². The molecule has 0 atom stereocenters. The number of hydrogen-bond acceptors (Lipinski definition) is 6. The molecule has 4 rings (SSSR count). The third-order valence-corrected chi connectivity index (χ3v) is 7.91. The van der Waals surface area contributed by atoms with E-state index in [4.69, 9.17) is 0 Å². The average Bonchev–Trinajstić information content (AvgIpc) is 3.35. The first-order valence-corrected chi connectivity index (χ1v) is 11.2. The molecule has 132 valence electrons. The van der Waals surface area contributed by atoms with Crippen LogP contribution in [-0.4, -0.2) is 27.4 Å². The van der Waals surface area contributed by atoms with Crippen LogP contribution in [-0.2, 0) is 11.2 Å². The van der Waals surface area contributed by atoms with E-state index in [-0.39, 0.29) is 12.3 Å². The quantitative estimate of drug-likeness (QED) is 0.664. The van der Waals surface area contributed by atoms with Crippen LogP contribution in [0.4, 0.5) is 5.69 Å². The smallest absolute Gasteiger partial charge is 0.230 e. The first kappa shape index (κ1) is 17.6. The summed E-state index contributed by atoms with van der Waals surface area (Å²) in [6.45, 7) is 0. The number of rotatable bonds is 5. The molecule has 1 aliphatic heterocycles. The molecule has 1 fully saturated rings. The highest BCUT2D eigenvalue weighted by Gasteiger charge is 2.18. The summed E-state index contributed by atoms with van der Waals surface area (Å²) in [5.74, 6) is 2.33. The minimum absolute atomic E-state index is 0.0445. The molecule has 0 saturated carbocycles. The third kappa shape index (κ3) is 4.28. The van der Waals surface area contributed by atoms with E-state index >= 15 is 0 Å². The van der Waals surface area contributed by atoms with E-state index in [2.05, 4.69) is 27.4 Å². The van der Waals surface area contributed by atoms with Gasteiger partial charge in [-0.25, -0.2) is 4.98 Å². The second kappa shape index (κ2) is 8.24. The molecule has 1 N–H and O–H groups in total. The number of thioether (sulfide) groups is 2. The Hall–Kier alpha value is -1.83. The van der Waals surface area contributed by atoms with Gasteiger partial charge in [-0.3, -0.25) is 9.78 Å². The van der Waals surface area contributed by atoms with Gasteiger partial charge in [-0.15, -0.1) is 34.9 Å². The van der Waals surface area contributed by atoms with Crippen molar-refractivity contribution in [3.8, 4) is 10.6 Å². The predicted molar refractivity (Wildman–Crippen MR) is 112 cm³/mol. The van der Waals surface area contributed by atoms with E-state index in [1.165, 1.54) is 28.4 Å². The van der Waals surface area contributed by atoms with Gasteiger partial charge in [-0.05, 0) is 29.8 Å². The molecule has 0 radical (unpaired) electrons. The Morgan fingerprint density at radius 1 is 1.19 bits per heavy atom. The molecule has 3 aromatic rings. The zero-order chi connectivity index (χ0) is 17.8. The molecule has 2 aromatic heterocycles. The summed E-state index contributed by atoms with van der Waals surface area (Å²) in [6.07, 6.45) is 3.79. The van der Waals surface area contributed by atoms with Gasteiger partial charge in [0.25, 0.3) is 0 Å². The van der Waals surface area contributed by atoms with Crippen molar-refractivity contribution in [2.24, 2.45) is 0 Å². The molecule has 26 heavy (non-hydrogen) atoms. The fraction of sp³-hybridized carbons (Fsp3) is 0.211. The molecular weight excluding hydrogens is 382 g/mol. The second-order valence-electron chi connectivity index (χ2n) is 5.81. The molecule has 1 saturated heterocycles. The van der Waals surface area contributed by atoms with Crippen molar-refractivity contribution in [3.05, 3.63) is 65.4 Å². The van der Waals surface area contributed by atoms with Gasteiger partial charge in [0.05, 0.1) is 16.7 Å². The number of pyridine rings is 1. The number of thiazole rings is 1. The summed E-state index contributed by atoms with van der Waals surface area (Å²) in [5.41, 5.74) is 3.87. The predicted octanol–water partition coefficient (Wildman–Crippen LogP) is 4.86. The van der Waals surface area contributed by atoms with E-state index in [9.17, 15) is 4.79 Å². The summed E-state index contributed by atoms with van der Waals surface area (Å²) in [6, 6.07) is 12.0. The molecule has 1 amide bonds. The van der Waals surface area contributed by atoms with Gasteiger partial charge in [0.2, 0.25) is 5.91 Å². The second-order valence-corrected chi connectivity index (χ2v) is 9.39. The van der Waals surface area contributed by atoms with Crippen LogP contribution in [0.3, 0.4) is 0 Å². The minimum atomic E-state index is -0.0445. The number of carbonyl (C=O) groups is 1. The highest BCUT2D eigenvalue weighted by Crippen LogP contribution is 2.45. The number of aromatic nitrogens is 2. The van der Waals surface area contributed by atoms with Gasteiger partial charge in [0, 0.05) is 40.5 Å². The standard InChI is InChI=1S/C19H17N3OS3/c23-17(10-16-12-26-18(22-16)14-4-2-6-20-11-14)21-15-5-1-3-13(9-15)19-24-7-8-25-19/h1-6,9,11-12,19H,7-8,10H2,(H,21,23). The Morgan fingerprint density at radius 3 is 2.88 bits per heavy atom. The van der Waals surface area contributed by atoms with Crippen molar-refractivity contribution in [1.82, 2.24) is 9.97 Å². The summed E-state index contributed by atoms with van der Waals surface area (Å²) < 4.78 is 0.479. The fourth-order valence-corrected chi connectivity index (χ4v) is 6.34.